The van der Waals surface area contributed by atoms with Crippen LogP contribution in [0.3, 0.4) is 0 Å². The molecule has 2 aromatic carbocycles. The normalized spacial score (nSPS) is 12.1. The van der Waals surface area contributed by atoms with E-state index in [4.69, 9.17) is 4.74 Å². The third kappa shape index (κ3) is 2.94. The minimum Gasteiger partial charge on any atom is -0.467 e. The number of halogens is 2. The van der Waals surface area contributed by atoms with E-state index >= 15 is 0 Å². The summed E-state index contributed by atoms with van der Waals surface area (Å²) in [4.78, 5) is 29.2. The van der Waals surface area contributed by atoms with E-state index in [0.717, 1.165) is 9.04 Å². The van der Waals surface area contributed by atoms with Crippen LogP contribution in [0.2, 0.25) is 0 Å². The van der Waals surface area contributed by atoms with E-state index in [9.17, 15) is 14.0 Å². The van der Waals surface area contributed by atoms with E-state index in [-0.39, 0.29) is 0 Å². The smallest absolute Gasteiger partial charge is 0.333 e. The van der Waals surface area contributed by atoms with Gasteiger partial charge in [0.2, 0.25) is 0 Å². The molecule has 1 unspecified atom stereocenters. The summed E-state index contributed by atoms with van der Waals surface area (Å²) in [5.41, 5.74) is 0.392. The van der Waals surface area contributed by atoms with Crippen LogP contribution in [0.4, 0.5) is 4.39 Å². The number of hydrogen-bond donors (Lipinski definition) is 0. The molecular weight excluding hydrogens is 379 g/mol. The van der Waals surface area contributed by atoms with Crippen LogP contribution in [0.5, 0.6) is 0 Å². The zero-order chi connectivity index (χ0) is 17.3. The second kappa shape index (κ2) is 6.52. The van der Waals surface area contributed by atoms with E-state index in [1.807, 2.05) is 0 Å². The molecule has 0 radical (unpaired) electrons. The molecule has 5 nitrogen and oxygen atoms in total. The van der Waals surface area contributed by atoms with Crippen LogP contribution in [-0.2, 0) is 9.53 Å². The quantitative estimate of drug-likeness (QED) is 0.644. The Balaban J connectivity index is 2.24. The molecule has 1 heterocycles. The topological polar surface area (TPSA) is 61.2 Å². The van der Waals surface area contributed by atoms with Crippen LogP contribution < -0.4 is 5.56 Å². The summed E-state index contributed by atoms with van der Waals surface area (Å²) in [7, 11) is 1.21. The summed E-state index contributed by atoms with van der Waals surface area (Å²) in [5, 5.41) is 0.353. The van der Waals surface area contributed by atoms with Crippen molar-refractivity contribution >= 4 is 32.8 Å². The molecule has 122 valence electrons. The molecular formula is C17H12BrFN2O3. The molecule has 3 aromatic rings. The summed E-state index contributed by atoms with van der Waals surface area (Å²) in [6.45, 7) is 0. The second-order valence-electron chi connectivity index (χ2n) is 5.10. The first-order chi connectivity index (χ1) is 11.5. The van der Waals surface area contributed by atoms with Crippen molar-refractivity contribution in [3.8, 4) is 0 Å². The highest BCUT2D eigenvalue weighted by Gasteiger charge is 2.25. The number of carbonyl (C=O) groups excluding carboxylic acids is 1. The van der Waals surface area contributed by atoms with Crippen molar-refractivity contribution in [2.24, 2.45) is 0 Å². The van der Waals surface area contributed by atoms with Crippen molar-refractivity contribution in [3.05, 3.63) is 75.0 Å². The maximum Gasteiger partial charge on any atom is 0.333 e. The number of hydrogen-bond acceptors (Lipinski definition) is 4. The molecule has 0 saturated heterocycles. The second-order valence-corrected chi connectivity index (χ2v) is 6.01. The van der Waals surface area contributed by atoms with Gasteiger partial charge in [-0.1, -0.05) is 28.1 Å². The lowest BCUT2D eigenvalue weighted by Crippen LogP contribution is -2.31. The van der Waals surface area contributed by atoms with Gasteiger partial charge in [-0.05, 0) is 35.9 Å². The predicted molar refractivity (Wildman–Crippen MR) is 90.3 cm³/mol. The Morgan fingerprint density at radius 1 is 1.29 bits per heavy atom. The third-order valence-electron chi connectivity index (χ3n) is 3.61. The number of nitrogens with zero attached hydrogens (tertiary/aromatic N) is 2. The molecule has 7 heteroatoms. The van der Waals surface area contributed by atoms with E-state index in [1.165, 1.54) is 31.6 Å². The van der Waals surface area contributed by atoms with Crippen molar-refractivity contribution in [2.45, 2.75) is 6.04 Å². The highest BCUT2D eigenvalue weighted by atomic mass is 79.9. The predicted octanol–water partition coefficient (Wildman–Crippen LogP) is 3.06. The fraction of sp³-hybridized carbons (Fsp3) is 0.118. The monoisotopic (exact) mass is 390 g/mol. The number of aromatic nitrogens is 2. The Labute approximate surface area is 144 Å². The van der Waals surface area contributed by atoms with E-state index in [1.54, 1.807) is 24.3 Å². The molecule has 0 aliphatic heterocycles. The van der Waals surface area contributed by atoms with E-state index < -0.39 is 23.4 Å². The van der Waals surface area contributed by atoms with Gasteiger partial charge < -0.3 is 4.74 Å². The molecule has 0 spiro atoms. The number of ether oxygens (including phenoxy) is 1. The average molecular weight is 391 g/mol. The number of esters is 1. The zero-order valence-corrected chi connectivity index (χ0v) is 14.2. The molecule has 1 atom stereocenters. The van der Waals surface area contributed by atoms with Crippen LogP contribution in [0, 0.1) is 5.82 Å². The summed E-state index contributed by atoms with van der Waals surface area (Å²) >= 11 is 3.32. The standard InChI is InChI=1S/C17H12BrFN2O3/c1-24-17(23)15(10-3-2-4-12(19)7-10)21-9-20-14-8-11(18)5-6-13(14)16(21)22/h2-9,15H,1H3. The number of carbonyl (C=O) groups is 1. The van der Waals surface area contributed by atoms with Crippen molar-refractivity contribution < 1.29 is 13.9 Å². The summed E-state index contributed by atoms with van der Waals surface area (Å²) in [6.07, 6.45) is 1.27. The van der Waals surface area contributed by atoms with Gasteiger partial charge in [0, 0.05) is 4.47 Å². The Kier molecular flexibility index (Phi) is 4.44. The first-order valence-electron chi connectivity index (χ1n) is 7.01. The summed E-state index contributed by atoms with van der Waals surface area (Å²) in [5.74, 6) is -1.19. The van der Waals surface area contributed by atoms with Crippen LogP contribution in [0.25, 0.3) is 10.9 Å². The molecule has 0 amide bonds. The number of benzene rings is 2. The van der Waals surface area contributed by atoms with Gasteiger partial charge in [0.25, 0.3) is 5.56 Å². The molecule has 0 aliphatic carbocycles. The van der Waals surface area contributed by atoms with Gasteiger partial charge in [-0.3, -0.25) is 9.36 Å². The molecule has 0 saturated carbocycles. The van der Waals surface area contributed by atoms with Crippen LogP contribution in [0.15, 0.2) is 58.1 Å². The molecule has 0 fully saturated rings. The zero-order valence-electron chi connectivity index (χ0n) is 12.6. The lowest BCUT2D eigenvalue weighted by atomic mass is 10.1. The highest BCUT2D eigenvalue weighted by molar-refractivity contribution is 9.10. The first kappa shape index (κ1) is 16.3. The average Bonchev–Trinajstić information content (AvgIpc) is 2.57. The number of fused-ring (bicyclic) bond motifs is 1. The molecule has 0 bridgehead atoms. The van der Waals surface area contributed by atoms with Gasteiger partial charge in [0.05, 0.1) is 24.3 Å². The summed E-state index contributed by atoms with van der Waals surface area (Å²) < 4.78 is 20.3. The lowest BCUT2D eigenvalue weighted by Gasteiger charge is -2.18. The van der Waals surface area contributed by atoms with Crippen LogP contribution in [0.1, 0.15) is 11.6 Å². The largest absolute Gasteiger partial charge is 0.467 e. The van der Waals surface area contributed by atoms with Gasteiger partial charge in [0.1, 0.15) is 5.82 Å². The fourth-order valence-corrected chi connectivity index (χ4v) is 2.84. The van der Waals surface area contributed by atoms with Crippen molar-refractivity contribution in [1.82, 2.24) is 9.55 Å². The van der Waals surface area contributed by atoms with Crippen molar-refractivity contribution in [3.63, 3.8) is 0 Å². The number of rotatable bonds is 3. The lowest BCUT2D eigenvalue weighted by molar-refractivity contribution is -0.143. The number of methoxy groups -OCH3 is 1. The Hall–Kier alpha value is -2.54. The van der Waals surface area contributed by atoms with Gasteiger partial charge in [-0.25, -0.2) is 14.2 Å². The SMILES string of the molecule is COC(=O)C(c1cccc(F)c1)n1cnc2cc(Br)ccc2c1=O. The first-order valence-corrected chi connectivity index (χ1v) is 7.80. The van der Waals surface area contributed by atoms with E-state index in [0.29, 0.717) is 16.5 Å². The van der Waals surface area contributed by atoms with Crippen LogP contribution in [-0.4, -0.2) is 22.6 Å². The Bertz CT molecular complexity index is 987. The summed E-state index contributed by atoms with van der Waals surface area (Å²) in [6, 6.07) is 9.40. The maximum absolute atomic E-state index is 13.5. The molecule has 0 N–H and O–H groups in total. The third-order valence-corrected chi connectivity index (χ3v) is 4.11. The minimum absolute atomic E-state index is 0.308. The Morgan fingerprint density at radius 2 is 2.08 bits per heavy atom. The van der Waals surface area contributed by atoms with Crippen molar-refractivity contribution in [1.29, 1.82) is 0 Å². The minimum atomic E-state index is -1.11. The van der Waals surface area contributed by atoms with Gasteiger partial charge >= 0.3 is 5.97 Å². The van der Waals surface area contributed by atoms with Crippen LogP contribution >= 0.6 is 15.9 Å². The fourth-order valence-electron chi connectivity index (χ4n) is 2.49. The maximum atomic E-state index is 13.5. The molecule has 1 aromatic heterocycles. The molecule has 24 heavy (non-hydrogen) atoms. The van der Waals surface area contributed by atoms with Gasteiger partial charge in [0.15, 0.2) is 6.04 Å². The Morgan fingerprint density at radius 3 is 2.79 bits per heavy atom. The molecule has 0 aliphatic rings. The molecule has 3 rings (SSSR count). The highest BCUT2D eigenvalue weighted by Crippen LogP contribution is 2.21. The van der Waals surface area contributed by atoms with E-state index in [2.05, 4.69) is 20.9 Å². The van der Waals surface area contributed by atoms with Crippen molar-refractivity contribution in [2.75, 3.05) is 7.11 Å². The van der Waals surface area contributed by atoms with Gasteiger partial charge in [-0.2, -0.15) is 0 Å². The van der Waals surface area contributed by atoms with Gasteiger partial charge in [-0.15, -0.1) is 0 Å².